The van der Waals surface area contributed by atoms with Crippen molar-refractivity contribution in [2.45, 2.75) is 6.18 Å². The van der Waals surface area contributed by atoms with Gasteiger partial charge in [0.05, 0.1) is 10.6 Å². The van der Waals surface area contributed by atoms with E-state index in [4.69, 9.17) is 27.9 Å². The Morgan fingerprint density at radius 2 is 2.06 bits per heavy atom. The highest BCUT2D eigenvalue weighted by Gasteiger charge is 2.34. The topological polar surface area (TPSA) is 26.3 Å². The average Bonchev–Trinajstić information content (AvgIpc) is 2.34. The van der Waals surface area contributed by atoms with E-state index in [1.807, 2.05) is 0 Å². The molecule has 0 amide bonds. The van der Waals surface area contributed by atoms with Gasteiger partial charge in [-0.3, -0.25) is 4.79 Å². The molecule has 0 bridgehead atoms. The van der Waals surface area contributed by atoms with Gasteiger partial charge < -0.3 is 4.74 Å². The lowest BCUT2D eigenvalue weighted by Crippen LogP contribution is -2.10. The number of hydrogen-bond acceptors (Lipinski definition) is 2. The van der Waals surface area contributed by atoms with Gasteiger partial charge in [-0.2, -0.15) is 13.2 Å². The van der Waals surface area contributed by atoms with Gasteiger partial charge in [0, 0.05) is 11.1 Å². The summed E-state index contributed by atoms with van der Waals surface area (Å²) in [6, 6.07) is 2.99. The van der Waals surface area contributed by atoms with Crippen molar-refractivity contribution >= 4 is 29.5 Å². The molecule has 18 heavy (non-hydrogen) atoms. The summed E-state index contributed by atoms with van der Waals surface area (Å²) in [4.78, 5) is 10.5. The predicted molar refractivity (Wildman–Crippen MR) is 62.1 cm³/mol. The van der Waals surface area contributed by atoms with Crippen molar-refractivity contribution in [1.29, 1.82) is 0 Å². The summed E-state index contributed by atoms with van der Waals surface area (Å²) in [7, 11) is 0. The summed E-state index contributed by atoms with van der Waals surface area (Å²) in [5, 5.41) is 0.0595. The minimum absolute atomic E-state index is 0.0595. The minimum Gasteiger partial charge on any atom is -0.487 e. The lowest BCUT2D eigenvalue weighted by molar-refractivity contribution is -0.138. The molecule has 1 aromatic carbocycles. The SMILES string of the molecule is O=Cc1ccc(OCC(Cl)=CCl)c(C(F)(F)F)c1. The maximum atomic E-state index is 12.7. The van der Waals surface area contributed by atoms with Gasteiger partial charge in [0.25, 0.3) is 0 Å². The number of benzene rings is 1. The smallest absolute Gasteiger partial charge is 0.419 e. The second-order valence-corrected chi connectivity index (χ2v) is 3.92. The Morgan fingerprint density at radius 3 is 2.56 bits per heavy atom. The first-order chi connectivity index (χ1) is 8.38. The Balaban J connectivity index is 3.07. The van der Waals surface area contributed by atoms with Crippen LogP contribution in [0.4, 0.5) is 13.2 Å². The zero-order valence-corrected chi connectivity index (χ0v) is 10.3. The number of ether oxygens (including phenoxy) is 1. The molecule has 1 aromatic rings. The zero-order chi connectivity index (χ0) is 13.8. The number of halogens is 5. The van der Waals surface area contributed by atoms with Crippen LogP contribution >= 0.6 is 23.2 Å². The molecule has 98 valence electrons. The number of rotatable bonds is 4. The number of hydrogen-bond donors (Lipinski definition) is 0. The fourth-order valence-electron chi connectivity index (χ4n) is 1.15. The number of alkyl halides is 3. The molecule has 0 heterocycles. The third-order valence-corrected chi connectivity index (χ3v) is 2.52. The monoisotopic (exact) mass is 298 g/mol. The number of aldehydes is 1. The van der Waals surface area contributed by atoms with Gasteiger partial charge in [-0.1, -0.05) is 23.2 Å². The Labute approximate surface area is 111 Å². The van der Waals surface area contributed by atoms with E-state index in [9.17, 15) is 18.0 Å². The zero-order valence-electron chi connectivity index (χ0n) is 8.80. The molecule has 0 saturated heterocycles. The van der Waals surface area contributed by atoms with Gasteiger partial charge in [-0.25, -0.2) is 0 Å². The molecule has 0 aliphatic carbocycles. The summed E-state index contributed by atoms with van der Waals surface area (Å²) in [6.07, 6.45) is -4.30. The fraction of sp³-hybridized carbons (Fsp3) is 0.182. The Hall–Kier alpha value is -1.20. The molecule has 0 aliphatic rings. The molecule has 1 rings (SSSR count). The Bertz CT molecular complexity index is 470. The highest BCUT2D eigenvalue weighted by atomic mass is 35.5. The van der Waals surface area contributed by atoms with E-state index >= 15 is 0 Å². The molecule has 0 spiro atoms. The van der Waals surface area contributed by atoms with E-state index in [0.717, 1.165) is 11.6 Å². The summed E-state index contributed by atoms with van der Waals surface area (Å²) in [5.41, 5.74) is -0.131. The molecule has 0 unspecified atom stereocenters. The van der Waals surface area contributed by atoms with Crippen LogP contribution in [0.1, 0.15) is 15.9 Å². The summed E-state index contributed by atoms with van der Waals surface area (Å²) in [5.74, 6) is -0.412. The van der Waals surface area contributed by atoms with Gasteiger partial charge >= 0.3 is 6.18 Å². The number of carbonyl (C=O) groups is 1. The van der Waals surface area contributed by atoms with Crippen LogP contribution in [0.5, 0.6) is 5.75 Å². The quantitative estimate of drug-likeness (QED) is 0.778. The van der Waals surface area contributed by atoms with E-state index in [1.54, 1.807) is 0 Å². The lowest BCUT2D eigenvalue weighted by atomic mass is 10.1. The van der Waals surface area contributed by atoms with Crippen LogP contribution in [-0.2, 0) is 6.18 Å². The molecule has 7 heteroatoms. The molecule has 2 nitrogen and oxygen atoms in total. The van der Waals surface area contributed by atoms with Gasteiger partial charge in [-0.15, -0.1) is 0 Å². The highest BCUT2D eigenvalue weighted by molar-refractivity contribution is 6.36. The molecule has 0 fully saturated rings. The summed E-state index contributed by atoms with van der Waals surface area (Å²) < 4.78 is 43.0. The fourth-order valence-corrected chi connectivity index (χ4v) is 1.26. The molecular formula is C11H7Cl2F3O2. The molecule has 0 aromatic heterocycles. The van der Waals surface area contributed by atoms with Crippen molar-refractivity contribution in [3.63, 3.8) is 0 Å². The van der Waals surface area contributed by atoms with Crippen LogP contribution in [0.3, 0.4) is 0 Å². The van der Waals surface area contributed by atoms with Crippen molar-refractivity contribution in [3.05, 3.63) is 39.9 Å². The van der Waals surface area contributed by atoms with Crippen LogP contribution in [-0.4, -0.2) is 12.9 Å². The summed E-state index contributed by atoms with van der Waals surface area (Å²) in [6.45, 7) is -0.283. The van der Waals surface area contributed by atoms with E-state index < -0.39 is 17.5 Å². The molecule has 0 atom stereocenters. The average molecular weight is 299 g/mol. The largest absolute Gasteiger partial charge is 0.487 e. The van der Waals surface area contributed by atoms with Gasteiger partial charge in [0.2, 0.25) is 0 Å². The first-order valence-electron chi connectivity index (χ1n) is 4.62. The third-order valence-electron chi connectivity index (χ3n) is 1.93. The lowest BCUT2D eigenvalue weighted by Gasteiger charge is -2.14. The van der Waals surface area contributed by atoms with Crippen molar-refractivity contribution in [1.82, 2.24) is 0 Å². The highest BCUT2D eigenvalue weighted by Crippen LogP contribution is 2.36. The van der Waals surface area contributed by atoms with Crippen LogP contribution in [0, 0.1) is 0 Å². The van der Waals surface area contributed by atoms with Crippen molar-refractivity contribution in [2.24, 2.45) is 0 Å². The van der Waals surface area contributed by atoms with Crippen LogP contribution in [0.25, 0.3) is 0 Å². The van der Waals surface area contributed by atoms with E-state index in [-0.39, 0.29) is 17.2 Å². The van der Waals surface area contributed by atoms with E-state index in [1.165, 1.54) is 6.07 Å². The first-order valence-corrected chi connectivity index (χ1v) is 5.44. The molecule has 0 aliphatic heterocycles. The predicted octanol–water partition coefficient (Wildman–Crippen LogP) is 4.22. The maximum absolute atomic E-state index is 12.7. The van der Waals surface area contributed by atoms with Crippen molar-refractivity contribution in [3.8, 4) is 5.75 Å². The second kappa shape index (κ2) is 6.11. The molecular weight excluding hydrogens is 292 g/mol. The van der Waals surface area contributed by atoms with Gasteiger partial charge in [0.15, 0.2) is 0 Å². The normalized spacial score (nSPS) is 12.4. The van der Waals surface area contributed by atoms with Gasteiger partial charge in [-0.05, 0) is 18.2 Å². The molecule has 0 N–H and O–H groups in total. The third kappa shape index (κ3) is 3.92. The Kier molecular flexibility index (Phi) is 5.04. The van der Waals surface area contributed by atoms with Crippen LogP contribution in [0.15, 0.2) is 28.8 Å². The Morgan fingerprint density at radius 1 is 1.39 bits per heavy atom. The molecule has 0 saturated carbocycles. The number of carbonyl (C=O) groups excluding carboxylic acids is 1. The standard InChI is InChI=1S/C11H7Cl2F3O2/c12-4-8(13)6-18-10-2-1-7(5-17)3-9(10)11(14,15)16/h1-5H,6H2. The first kappa shape index (κ1) is 14.9. The van der Waals surface area contributed by atoms with Crippen LogP contribution in [0.2, 0.25) is 0 Å². The van der Waals surface area contributed by atoms with Crippen LogP contribution < -0.4 is 4.74 Å². The second-order valence-electron chi connectivity index (χ2n) is 3.22. The summed E-state index contributed by atoms with van der Waals surface area (Å²) >= 11 is 10.8. The van der Waals surface area contributed by atoms with E-state index in [0.29, 0.717) is 12.4 Å². The van der Waals surface area contributed by atoms with Crippen molar-refractivity contribution < 1.29 is 22.7 Å². The van der Waals surface area contributed by atoms with Crippen molar-refractivity contribution in [2.75, 3.05) is 6.61 Å². The molecule has 0 radical (unpaired) electrons. The maximum Gasteiger partial charge on any atom is 0.419 e. The minimum atomic E-state index is -4.62. The van der Waals surface area contributed by atoms with Gasteiger partial charge in [0.1, 0.15) is 18.6 Å². The van der Waals surface area contributed by atoms with E-state index in [2.05, 4.69) is 0 Å².